The Hall–Kier alpha value is -1.36. The summed E-state index contributed by atoms with van der Waals surface area (Å²) in [4.78, 5) is 13.8. The van der Waals surface area contributed by atoms with Crippen molar-refractivity contribution in [2.75, 3.05) is 13.6 Å². The van der Waals surface area contributed by atoms with Gasteiger partial charge in [0.2, 0.25) is 5.91 Å². The predicted molar refractivity (Wildman–Crippen MR) is 58.7 cm³/mol. The SMILES string of the molecule is CNC1CCCN(Cc2cc(C)on2)C1=O. The quantitative estimate of drug-likeness (QED) is 0.819. The standard InChI is InChI=1S/C11H17N3O2/c1-8-6-9(13-16-8)7-14-5-3-4-10(12-2)11(14)15/h6,10,12H,3-5,7H2,1-2H3. The molecule has 2 heterocycles. The Kier molecular flexibility index (Phi) is 3.24. The van der Waals surface area contributed by atoms with Crippen LogP contribution in [0.1, 0.15) is 24.3 Å². The molecule has 0 saturated carbocycles. The van der Waals surface area contributed by atoms with E-state index in [-0.39, 0.29) is 11.9 Å². The van der Waals surface area contributed by atoms with Gasteiger partial charge in [0.05, 0.1) is 12.6 Å². The molecule has 5 nitrogen and oxygen atoms in total. The maximum atomic E-state index is 12.0. The van der Waals surface area contributed by atoms with Gasteiger partial charge in [0, 0.05) is 12.6 Å². The Morgan fingerprint density at radius 3 is 3.12 bits per heavy atom. The molecule has 1 atom stereocenters. The summed E-state index contributed by atoms with van der Waals surface area (Å²) >= 11 is 0. The van der Waals surface area contributed by atoms with E-state index in [0.29, 0.717) is 6.54 Å². The normalized spacial score (nSPS) is 21.5. The number of rotatable bonds is 3. The lowest BCUT2D eigenvalue weighted by molar-refractivity contribution is -0.136. The molecule has 1 unspecified atom stereocenters. The molecule has 0 aromatic carbocycles. The summed E-state index contributed by atoms with van der Waals surface area (Å²) in [5, 5.41) is 6.95. The highest BCUT2D eigenvalue weighted by molar-refractivity contribution is 5.82. The van der Waals surface area contributed by atoms with Gasteiger partial charge in [-0.05, 0) is 26.8 Å². The van der Waals surface area contributed by atoms with Gasteiger partial charge in [-0.25, -0.2) is 0 Å². The minimum absolute atomic E-state index is 0.0400. The third kappa shape index (κ3) is 2.24. The van der Waals surface area contributed by atoms with Crippen molar-refractivity contribution in [3.8, 4) is 0 Å². The molecule has 0 radical (unpaired) electrons. The second-order valence-corrected chi connectivity index (χ2v) is 4.17. The Morgan fingerprint density at radius 2 is 2.50 bits per heavy atom. The van der Waals surface area contributed by atoms with Crippen molar-refractivity contribution in [3.05, 3.63) is 17.5 Å². The first-order valence-corrected chi connectivity index (χ1v) is 5.59. The van der Waals surface area contributed by atoms with Crippen LogP contribution in [0, 0.1) is 6.92 Å². The fraction of sp³-hybridized carbons (Fsp3) is 0.636. The van der Waals surface area contributed by atoms with Gasteiger partial charge in [0.1, 0.15) is 11.5 Å². The van der Waals surface area contributed by atoms with Gasteiger partial charge in [-0.1, -0.05) is 5.16 Å². The number of hydrogen-bond donors (Lipinski definition) is 1. The number of piperidine rings is 1. The average molecular weight is 223 g/mol. The van der Waals surface area contributed by atoms with Crippen molar-refractivity contribution in [3.63, 3.8) is 0 Å². The van der Waals surface area contributed by atoms with Gasteiger partial charge >= 0.3 is 0 Å². The first kappa shape index (κ1) is 11.1. The summed E-state index contributed by atoms with van der Waals surface area (Å²) in [6, 6.07) is 1.83. The van der Waals surface area contributed by atoms with Crippen LogP contribution in [0.5, 0.6) is 0 Å². The summed E-state index contributed by atoms with van der Waals surface area (Å²) in [5.74, 6) is 0.944. The van der Waals surface area contributed by atoms with Crippen molar-refractivity contribution < 1.29 is 9.32 Å². The molecule has 1 N–H and O–H groups in total. The summed E-state index contributed by atoms with van der Waals surface area (Å²) in [6.45, 7) is 3.21. The lowest BCUT2D eigenvalue weighted by Gasteiger charge is -2.31. The van der Waals surface area contributed by atoms with E-state index in [4.69, 9.17) is 4.52 Å². The van der Waals surface area contributed by atoms with Gasteiger partial charge in [-0.15, -0.1) is 0 Å². The molecule has 88 valence electrons. The summed E-state index contributed by atoms with van der Waals surface area (Å²) in [6.07, 6.45) is 1.96. The van der Waals surface area contributed by atoms with Gasteiger partial charge < -0.3 is 14.7 Å². The Balaban J connectivity index is 2.01. The van der Waals surface area contributed by atoms with E-state index in [1.54, 1.807) is 0 Å². The first-order chi connectivity index (χ1) is 7.70. The Morgan fingerprint density at radius 1 is 1.69 bits per heavy atom. The first-order valence-electron chi connectivity index (χ1n) is 5.59. The number of carbonyl (C=O) groups is 1. The second-order valence-electron chi connectivity index (χ2n) is 4.17. The molecule has 1 aliphatic heterocycles. The van der Waals surface area contributed by atoms with Crippen LogP contribution in [0.15, 0.2) is 10.6 Å². The third-order valence-corrected chi connectivity index (χ3v) is 2.91. The van der Waals surface area contributed by atoms with Gasteiger partial charge in [0.15, 0.2) is 0 Å². The van der Waals surface area contributed by atoms with Crippen LogP contribution in [0.3, 0.4) is 0 Å². The third-order valence-electron chi connectivity index (χ3n) is 2.91. The molecule has 5 heteroatoms. The van der Waals surface area contributed by atoms with E-state index < -0.39 is 0 Å². The fourth-order valence-corrected chi connectivity index (χ4v) is 2.05. The Labute approximate surface area is 94.8 Å². The molecule has 1 aliphatic rings. The number of likely N-dealkylation sites (N-methyl/N-ethyl adjacent to an activating group) is 1. The largest absolute Gasteiger partial charge is 0.361 e. The van der Waals surface area contributed by atoms with Crippen LogP contribution in [-0.2, 0) is 11.3 Å². The van der Waals surface area contributed by atoms with Crippen LogP contribution in [-0.4, -0.2) is 35.6 Å². The van der Waals surface area contributed by atoms with Crippen LogP contribution >= 0.6 is 0 Å². The van der Waals surface area contributed by atoms with Crippen LogP contribution in [0.4, 0.5) is 0 Å². The van der Waals surface area contributed by atoms with Gasteiger partial charge in [0.25, 0.3) is 0 Å². The van der Waals surface area contributed by atoms with E-state index in [9.17, 15) is 4.79 Å². The molecule has 1 aromatic rings. The van der Waals surface area contributed by atoms with Crippen LogP contribution in [0.25, 0.3) is 0 Å². The van der Waals surface area contributed by atoms with Gasteiger partial charge in [-0.3, -0.25) is 4.79 Å². The average Bonchev–Trinajstić information content (AvgIpc) is 2.67. The lowest BCUT2D eigenvalue weighted by Crippen LogP contribution is -2.49. The topological polar surface area (TPSA) is 58.4 Å². The smallest absolute Gasteiger partial charge is 0.240 e. The number of nitrogens with zero attached hydrogens (tertiary/aromatic N) is 2. The van der Waals surface area contributed by atoms with E-state index in [1.165, 1.54) is 0 Å². The molecule has 0 spiro atoms. The zero-order chi connectivity index (χ0) is 11.5. The fourth-order valence-electron chi connectivity index (χ4n) is 2.05. The zero-order valence-corrected chi connectivity index (χ0v) is 9.69. The van der Waals surface area contributed by atoms with Crippen molar-refractivity contribution in [2.24, 2.45) is 0 Å². The van der Waals surface area contributed by atoms with Crippen molar-refractivity contribution in [2.45, 2.75) is 32.4 Å². The lowest BCUT2D eigenvalue weighted by atomic mass is 10.0. The molecule has 0 aliphatic carbocycles. The molecule has 2 rings (SSSR count). The maximum Gasteiger partial charge on any atom is 0.240 e. The molecule has 1 saturated heterocycles. The van der Waals surface area contributed by atoms with E-state index >= 15 is 0 Å². The summed E-state index contributed by atoms with van der Waals surface area (Å²) in [5.41, 5.74) is 0.822. The molecule has 0 bridgehead atoms. The van der Waals surface area contributed by atoms with Crippen molar-refractivity contribution in [1.29, 1.82) is 0 Å². The highest BCUT2D eigenvalue weighted by Gasteiger charge is 2.27. The van der Waals surface area contributed by atoms with Crippen molar-refractivity contribution >= 4 is 5.91 Å². The summed E-state index contributed by atoms with van der Waals surface area (Å²) < 4.78 is 4.99. The number of likely N-dealkylation sites (tertiary alicyclic amines) is 1. The maximum absolute atomic E-state index is 12.0. The minimum Gasteiger partial charge on any atom is -0.361 e. The number of amides is 1. The van der Waals surface area contributed by atoms with Gasteiger partial charge in [-0.2, -0.15) is 0 Å². The molecule has 1 aromatic heterocycles. The highest BCUT2D eigenvalue weighted by atomic mass is 16.5. The Bertz CT molecular complexity index is 375. The molecular formula is C11H17N3O2. The molecular weight excluding hydrogens is 206 g/mol. The number of hydrogen-bond acceptors (Lipinski definition) is 4. The molecule has 16 heavy (non-hydrogen) atoms. The van der Waals surface area contributed by atoms with Crippen molar-refractivity contribution in [1.82, 2.24) is 15.4 Å². The number of aromatic nitrogens is 1. The summed E-state index contributed by atoms with van der Waals surface area (Å²) in [7, 11) is 1.83. The number of nitrogens with one attached hydrogen (secondary N) is 1. The van der Waals surface area contributed by atoms with E-state index in [1.807, 2.05) is 24.9 Å². The molecule has 1 amide bonds. The second kappa shape index (κ2) is 4.65. The van der Waals surface area contributed by atoms with Crippen LogP contribution < -0.4 is 5.32 Å². The number of aryl methyl sites for hydroxylation is 1. The van der Waals surface area contributed by atoms with E-state index in [0.717, 1.165) is 30.8 Å². The highest BCUT2D eigenvalue weighted by Crippen LogP contribution is 2.14. The predicted octanol–water partition coefficient (Wildman–Crippen LogP) is 0.693. The number of carbonyl (C=O) groups excluding carboxylic acids is 1. The van der Waals surface area contributed by atoms with Crippen LogP contribution in [0.2, 0.25) is 0 Å². The minimum atomic E-state index is -0.0400. The monoisotopic (exact) mass is 223 g/mol. The zero-order valence-electron chi connectivity index (χ0n) is 9.69. The molecule has 1 fully saturated rings. The van der Waals surface area contributed by atoms with E-state index in [2.05, 4.69) is 10.5 Å².